The zero-order valence-corrected chi connectivity index (χ0v) is 21.4. The van der Waals surface area contributed by atoms with Gasteiger partial charge in [0, 0.05) is 6.42 Å². The van der Waals surface area contributed by atoms with E-state index in [1.807, 2.05) is 0 Å². The second kappa shape index (κ2) is 27.7. The number of carbonyl (C=O) groups is 1. The largest absolute Gasteiger partial charge is 0.481 e. The molecule has 0 rings (SSSR count). The number of rotatable bonds is 25. The first kappa shape index (κ1) is 30.7. The van der Waals surface area contributed by atoms with E-state index in [1.54, 1.807) is 0 Å². The topological polar surface area (TPSA) is 37.3 Å². The minimum Gasteiger partial charge on any atom is -0.481 e. The number of allylic oxidation sites excluding steroid dienone is 6. The van der Waals surface area contributed by atoms with Gasteiger partial charge < -0.3 is 5.11 Å². The van der Waals surface area contributed by atoms with Crippen LogP contribution in [-0.4, -0.2) is 11.1 Å². The highest BCUT2D eigenvalue weighted by Gasteiger charge is 1.94. The molecule has 0 aromatic heterocycles. The standard InChI is InChI=1S/C30H54O2/c1-2-3-4-5-6-7-8-9-10-11-12-13-14-15-16-17-18-19-20-21-22-23-24-25-26-27-28-29-30(31)32/h7-8,21-22,25-26H,2-6,9-20,23-24,27-29H2,1H3,(H,31,32)/b8-7-,22-21-,26-25-. The van der Waals surface area contributed by atoms with Gasteiger partial charge in [-0.1, -0.05) is 114 Å². The van der Waals surface area contributed by atoms with Crippen LogP contribution >= 0.6 is 0 Å². The smallest absolute Gasteiger partial charge is 0.303 e. The van der Waals surface area contributed by atoms with Crippen LogP contribution in [0.2, 0.25) is 0 Å². The van der Waals surface area contributed by atoms with Gasteiger partial charge in [0.15, 0.2) is 0 Å². The van der Waals surface area contributed by atoms with Crippen LogP contribution < -0.4 is 0 Å². The molecule has 0 amide bonds. The second-order valence-electron chi connectivity index (χ2n) is 9.24. The molecule has 0 unspecified atom stereocenters. The van der Waals surface area contributed by atoms with E-state index in [0.29, 0.717) is 0 Å². The number of unbranched alkanes of at least 4 members (excludes halogenated alkanes) is 17. The third-order valence-corrected chi connectivity index (χ3v) is 5.98. The van der Waals surface area contributed by atoms with Gasteiger partial charge in [0.25, 0.3) is 0 Å². The zero-order chi connectivity index (χ0) is 23.4. The molecule has 0 fully saturated rings. The Morgan fingerprint density at radius 3 is 1.16 bits per heavy atom. The predicted molar refractivity (Wildman–Crippen MR) is 142 cm³/mol. The van der Waals surface area contributed by atoms with Crippen molar-refractivity contribution in [1.82, 2.24) is 0 Å². The molecule has 0 aliphatic rings. The fraction of sp³-hybridized carbons (Fsp3) is 0.767. The van der Waals surface area contributed by atoms with Crippen molar-refractivity contribution in [2.45, 2.75) is 148 Å². The molecule has 32 heavy (non-hydrogen) atoms. The molecule has 0 aromatic carbocycles. The number of carboxylic acid groups (broad SMARTS) is 1. The first-order chi connectivity index (χ1) is 15.8. The zero-order valence-electron chi connectivity index (χ0n) is 21.4. The lowest BCUT2D eigenvalue weighted by molar-refractivity contribution is -0.137. The minimum atomic E-state index is -0.695. The Hall–Kier alpha value is -1.31. The number of carboxylic acids is 1. The monoisotopic (exact) mass is 446 g/mol. The first-order valence-electron chi connectivity index (χ1n) is 13.9. The summed E-state index contributed by atoms with van der Waals surface area (Å²) < 4.78 is 0. The van der Waals surface area contributed by atoms with Crippen molar-refractivity contribution in [3.63, 3.8) is 0 Å². The SMILES string of the molecule is CCCCCC/C=C\CCCCCCCCCCCC/C=C\CC/C=C\CCCC(=O)O. The molecule has 0 saturated carbocycles. The highest BCUT2D eigenvalue weighted by molar-refractivity contribution is 5.66. The summed E-state index contributed by atoms with van der Waals surface area (Å²) in [6.07, 6.45) is 41.1. The lowest BCUT2D eigenvalue weighted by Gasteiger charge is -2.02. The summed E-state index contributed by atoms with van der Waals surface area (Å²) in [5.74, 6) is -0.695. The Labute approximate surface area is 200 Å². The van der Waals surface area contributed by atoms with E-state index >= 15 is 0 Å². The van der Waals surface area contributed by atoms with Crippen LogP contribution in [0, 0.1) is 0 Å². The summed E-state index contributed by atoms with van der Waals surface area (Å²) >= 11 is 0. The Kier molecular flexibility index (Phi) is 26.6. The Balaban J connectivity index is 3.17. The van der Waals surface area contributed by atoms with Gasteiger partial charge in [-0.2, -0.15) is 0 Å². The van der Waals surface area contributed by atoms with Crippen molar-refractivity contribution in [3.05, 3.63) is 36.5 Å². The Bertz CT molecular complexity index is 461. The second-order valence-corrected chi connectivity index (χ2v) is 9.24. The van der Waals surface area contributed by atoms with Crippen LogP contribution in [0.1, 0.15) is 148 Å². The maximum absolute atomic E-state index is 10.4. The van der Waals surface area contributed by atoms with Gasteiger partial charge in [-0.3, -0.25) is 4.79 Å². The minimum absolute atomic E-state index is 0.279. The van der Waals surface area contributed by atoms with E-state index in [0.717, 1.165) is 25.7 Å². The summed E-state index contributed by atoms with van der Waals surface area (Å²) in [5.41, 5.74) is 0. The molecular weight excluding hydrogens is 392 g/mol. The van der Waals surface area contributed by atoms with Crippen LogP contribution in [0.5, 0.6) is 0 Å². The molecule has 2 nitrogen and oxygen atoms in total. The van der Waals surface area contributed by atoms with E-state index in [9.17, 15) is 4.79 Å². The maximum Gasteiger partial charge on any atom is 0.303 e. The summed E-state index contributed by atoms with van der Waals surface area (Å²) in [6.45, 7) is 2.27. The van der Waals surface area contributed by atoms with Gasteiger partial charge >= 0.3 is 5.97 Å². The summed E-state index contributed by atoms with van der Waals surface area (Å²) in [5, 5.41) is 8.57. The molecule has 0 bridgehead atoms. The molecular formula is C30H54O2. The quantitative estimate of drug-likeness (QED) is 0.112. The van der Waals surface area contributed by atoms with E-state index in [-0.39, 0.29) is 6.42 Å². The van der Waals surface area contributed by atoms with Crippen LogP contribution in [0.15, 0.2) is 36.5 Å². The molecule has 0 aliphatic carbocycles. The van der Waals surface area contributed by atoms with Crippen LogP contribution in [0.25, 0.3) is 0 Å². The maximum atomic E-state index is 10.4. The molecule has 1 N–H and O–H groups in total. The normalized spacial score (nSPS) is 12.0. The summed E-state index contributed by atoms with van der Waals surface area (Å²) in [4.78, 5) is 10.4. The molecule has 0 heterocycles. The van der Waals surface area contributed by atoms with Crippen molar-refractivity contribution in [2.75, 3.05) is 0 Å². The Morgan fingerprint density at radius 1 is 0.469 bits per heavy atom. The third-order valence-electron chi connectivity index (χ3n) is 5.98. The fourth-order valence-electron chi connectivity index (χ4n) is 3.90. The molecule has 0 saturated heterocycles. The molecule has 0 spiro atoms. The summed E-state index contributed by atoms with van der Waals surface area (Å²) in [6, 6.07) is 0. The average Bonchev–Trinajstić information content (AvgIpc) is 2.78. The van der Waals surface area contributed by atoms with Gasteiger partial charge in [-0.15, -0.1) is 0 Å². The van der Waals surface area contributed by atoms with Gasteiger partial charge in [-0.25, -0.2) is 0 Å². The van der Waals surface area contributed by atoms with Gasteiger partial charge in [0.2, 0.25) is 0 Å². The van der Waals surface area contributed by atoms with Gasteiger partial charge in [0.05, 0.1) is 0 Å². The average molecular weight is 447 g/mol. The van der Waals surface area contributed by atoms with E-state index < -0.39 is 5.97 Å². The highest BCUT2D eigenvalue weighted by Crippen LogP contribution is 2.13. The molecule has 0 atom stereocenters. The van der Waals surface area contributed by atoms with Gasteiger partial charge in [0.1, 0.15) is 0 Å². The lowest BCUT2D eigenvalue weighted by atomic mass is 10.0. The molecule has 0 aromatic rings. The molecule has 2 heteroatoms. The number of hydrogen-bond donors (Lipinski definition) is 1. The van der Waals surface area contributed by atoms with Crippen molar-refractivity contribution in [2.24, 2.45) is 0 Å². The highest BCUT2D eigenvalue weighted by atomic mass is 16.4. The van der Waals surface area contributed by atoms with Crippen molar-refractivity contribution in [3.8, 4) is 0 Å². The van der Waals surface area contributed by atoms with Crippen LogP contribution in [0.3, 0.4) is 0 Å². The predicted octanol–water partition coefficient (Wildman–Crippen LogP) is 10.3. The van der Waals surface area contributed by atoms with Gasteiger partial charge in [-0.05, 0) is 64.2 Å². The number of hydrogen-bond acceptors (Lipinski definition) is 1. The van der Waals surface area contributed by atoms with Crippen LogP contribution in [0.4, 0.5) is 0 Å². The van der Waals surface area contributed by atoms with Crippen molar-refractivity contribution in [1.29, 1.82) is 0 Å². The van der Waals surface area contributed by atoms with Crippen molar-refractivity contribution >= 4 is 5.97 Å². The van der Waals surface area contributed by atoms with Crippen LogP contribution in [-0.2, 0) is 4.79 Å². The Morgan fingerprint density at radius 2 is 0.781 bits per heavy atom. The van der Waals surface area contributed by atoms with Crippen molar-refractivity contribution < 1.29 is 9.90 Å². The number of aliphatic carboxylic acids is 1. The first-order valence-corrected chi connectivity index (χ1v) is 13.9. The summed E-state index contributed by atoms with van der Waals surface area (Å²) in [7, 11) is 0. The van der Waals surface area contributed by atoms with E-state index in [2.05, 4.69) is 43.4 Å². The van der Waals surface area contributed by atoms with E-state index in [1.165, 1.54) is 109 Å². The third kappa shape index (κ3) is 28.7. The molecule has 0 aliphatic heterocycles. The molecule has 0 radical (unpaired) electrons. The van der Waals surface area contributed by atoms with E-state index in [4.69, 9.17) is 5.11 Å². The molecule has 186 valence electrons. The fourth-order valence-corrected chi connectivity index (χ4v) is 3.90. The lowest BCUT2D eigenvalue weighted by Crippen LogP contribution is -1.92.